The van der Waals surface area contributed by atoms with Crippen LogP contribution in [0.4, 0.5) is 4.79 Å². The number of amides is 2. The number of nitrogens with zero attached hydrogens (tertiary/aromatic N) is 2. The number of rotatable bonds is 6. The van der Waals surface area contributed by atoms with Crippen molar-refractivity contribution in [3.63, 3.8) is 0 Å². The van der Waals surface area contributed by atoms with Gasteiger partial charge in [-0.05, 0) is 52.0 Å². The topological polar surface area (TPSA) is 49.9 Å². The van der Waals surface area contributed by atoms with Crippen LogP contribution in [0.15, 0.2) is 24.3 Å². The molecule has 0 fully saturated rings. The average Bonchev–Trinajstić information content (AvgIpc) is 2.50. The van der Waals surface area contributed by atoms with Gasteiger partial charge in [-0.25, -0.2) is 4.79 Å². The molecule has 0 aliphatic carbocycles. The van der Waals surface area contributed by atoms with E-state index in [0.717, 1.165) is 0 Å². The van der Waals surface area contributed by atoms with Crippen molar-refractivity contribution in [2.45, 2.75) is 27.7 Å². The van der Waals surface area contributed by atoms with E-state index in [2.05, 4.69) is 0 Å². The highest BCUT2D eigenvalue weighted by molar-refractivity contribution is 5.94. The van der Waals surface area contributed by atoms with Gasteiger partial charge in [0, 0.05) is 31.7 Å². The predicted molar refractivity (Wildman–Crippen MR) is 82.6 cm³/mol. The van der Waals surface area contributed by atoms with Crippen LogP contribution >= 0.6 is 0 Å². The van der Waals surface area contributed by atoms with Crippen LogP contribution in [-0.2, 0) is 0 Å². The van der Waals surface area contributed by atoms with Crippen molar-refractivity contribution in [1.82, 2.24) is 9.80 Å². The van der Waals surface area contributed by atoms with Crippen molar-refractivity contribution in [3.8, 4) is 5.75 Å². The lowest BCUT2D eigenvalue weighted by Crippen LogP contribution is -2.33. The molecule has 0 aliphatic heterocycles. The minimum Gasteiger partial charge on any atom is -0.410 e. The van der Waals surface area contributed by atoms with Crippen LogP contribution in [-0.4, -0.2) is 48.0 Å². The normalized spacial score (nSPS) is 10.1. The zero-order valence-electron chi connectivity index (χ0n) is 13.3. The van der Waals surface area contributed by atoms with Crippen molar-refractivity contribution in [2.24, 2.45) is 0 Å². The standard InChI is InChI=1S/C16H24N2O3/c1-5-17(6-2)15(19)13-9-11-14(12-10-13)21-16(20)18(7-3)8-4/h9-12H,5-8H2,1-4H3. The molecule has 0 unspecified atom stereocenters. The Hall–Kier alpha value is -2.04. The summed E-state index contributed by atoms with van der Waals surface area (Å²) in [5.74, 6) is 0.435. The number of benzene rings is 1. The van der Waals surface area contributed by atoms with Crippen LogP contribution in [0.3, 0.4) is 0 Å². The molecule has 0 aliphatic rings. The average molecular weight is 292 g/mol. The SMILES string of the molecule is CCN(CC)C(=O)Oc1ccc(C(=O)N(CC)CC)cc1. The third-order valence-electron chi connectivity index (χ3n) is 3.38. The van der Waals surface area contributed by atoms with Gasteiger partial charge in [0.25, 0.3) is 5.91 Å². The summed E-state index contributed by atoms with van der Waals surface area (Å²) in [7, 11) is 0. The first-order valence-electron chi connectivity index (χ1n) is 7.43. The van der Waals surface area contributed by atoms with Gasteiger partial charge < -0.3 is 14.5 Å². The number of ether oxygens (including phenoxy) is 1. The molecule has 0 heterocycles. The van der Waals surface area contributed by atoms with Gasteiger partial charge in [-0.1, -0.05) is 0 Å². The minimum absolute atomic E-state index is 0.0124. The van der Waals surface area contributed by atoms with E-state index in [4.69, 9.17) is 4.74 Å². The molecule has 0 atom stereocenters. The fourth-order valence-corrected chi connectivity index (χ4v) is 2.01. The lowest BCUT2D eigenvalue weighted by Gasteiger charge is -2.19. The number of carbonyl (C=O) groups excluding carboxylic acids is 2. The van der Waals surface area contributed by atoms with Crippen molar-refractivity contribution < 1.29 is 14.3 Å². The molecule has 5 heteroatoms. The summed E-state index contributed by atoms with van der Waals surface area (Å²) in [6, 6.07) is 6.67. The Kier molecular flexibility index (Phi) is 6.72. The van der Waals surface area contributed by atoms with E-state index in [1.54, 1.807) is 34.1 Å². The fourth-order valence-electron chi connectivity index (χ4n) is 2.01. The Bertz CT molecular complexity index is 463. The summed E-state index contributed by atoms with van der Waals surface area (Å²) in [5.41, 5.74) is 0.598. The molecule has 0 radical (unpaired) electrons. The molecule has 21 heavy (non-hydrogen) atoms. The lowest BCUT2D eigenvalue weighted by atomic mass is 10.2. The van der Waals surface area contributed by atoms with Gasteiger partial charge in [-0.3, -0.25) is 4.79 Å². The van der Waals surface area contributed by atoms with Gasteiger partial charge in [0.1, 0.15) is 5.75 Å². The fraction of sp³-hybridized carbons (Fsp3) is 0.500. The van der Waals surface area contributed by atoms with Gasteiger partial charge >= 0.3 is 6.09 Å². The first-order chi connectivity index (χ1) is 10.1. The molecular formula is C16H24N2O3. The zero-order valence-corrected chi connectivity index (χ0v) is 13.3. The number of carbonyl (C=O) groups is 2. The second-order valence-corrected chi connectivity index (χ2v) is 4.54. The maximum absolute atomic E-state index is 12.2. The van der Waals surface area contributed by atoms with E-state index in [1.165, 1.54) is 0 Å². The van der Waals surface area contributed by atoms with E-state index in [1.807, 2.05) is 27.7 Å². The van der Waals surface area contributed by atoms with E-state index >= 15 is 0 Å². The Morgan fingerprint density at radius 1 is 0.857 bits per heavy atom. The Balaban J connectivity index is 2.74. The maximum atomic E-state index is 12.2. The van der Waals surface area contributed by atoms with Gasteiger partial charge in [-0.2, -0.15) is 0 Å². The van der Waals surface area contributed by atoms with Crippen LogP contribution in [0.25, 0.3) is 0 Å². The molecule has 0 saturated heterocycles. The third-order valence-corrected chi connectivity index (χ3v) is 3.38. The third kappa shape index (κ3) is 4.48. The Morgan fingerprint density at radius 2 is 1.33 bits per heavy atom. The molecule has 1 aromatic carbocycles. The summed E-state index contributed by atoms with van der Waals surface area (Å²) >= 11 is 0. The number of hydrogen-bond donors (Lipinski definition) is 0. The van der Waals surface area contributed by atoms with Crippen molar-refractivity contribution in [1.29, 1.82) is 0 Å². The largest absolute Gasteiger partial charge is 0.415 e. The summed E-state index contributed by atoms with van der Waals surface area (Å²) in [6.45, 7) is 10.3. The van der Waals surface area contributed by atoms with E-state index < -0.39 is 0 Å². The quantitative estimate of drug-likeness (QED) is 0.810. The highest BCUT2D eigenvalue weighted by Gasteiger charge is 2.14. The Morgan fingerprint density at radius 3 is 1.76 bits per heavy atom. The highest BCUT2D eigenvalue weighted by Crippen LogP contribution is 2.15. The summed E-state index contributed by atoms with van der Waals surface area (Å²) in [4.78, 5) is 27.3. The predicted octanol–water partition coefficient (Wildman–Crippen LogP) is 3.01. The summed E-state index contributed by atoms with van der Waals surface area (Å²) in [6.07, 6.45) is -0.372. The lowest BCUT2D eigenvalue weighted by molar-refractivity contribution is 0.0773. The summed E-state index contributed by atoms with van der Waals surface area (Å²) in [5, 5.41) is 0. The van der Waals surface area contributed by atoms with Gasteiger partial charge in [-0.15, -0.1) is 0 Å². The van der Waals surface area contributed by atoms with E-state index in [-0.39, 0.29) is 12.0 Å². The van der Waals surface area contributed by atoms with Gasteiger partial charge in [0.05, 0.1) is 0 Å². The molecule has 0 aromatic heterocycles. The number of hydrogen-bond acceptors (Lipinski definition) is 3. The van der Waals surface area contributed by atoms with Gasteiger partial charge in [0.15, 0.2) is 0 Å². The first-order valence-corrected chi connectivity index (χ1v) is 7.43. The highest BCUT2D eigenvalue weighted by atomic mass is 16.6. The second-order valence-electron chi connectivity index (χ2n) is 4.54. The van der Waals surface area contributed by atoms with Crippen LogP contribution in [0.1, 0.15) is 38.1 Å². The maximum Gasteiger partial charge on any atom is 0.415 e. The molecular weight excluding hydrogens is 268 g/mol. The molecule has 0 saturated carbocycles. The van der Waals surface area contributed by atoms with Crippen LogP contribution < -0.4 is 4.74 Å². The van der Waals surface area contributed by atoms with Gasteiger partial charge in [0.2, 0.25) is 0 Å². The van der Waals surface area contributed by atoms with Crippen LogP contribution in [0, 0.1) is 0 Å². The van der Waals surface area contributed by atoms with Crippen molar-refractivity contribution in [3.05, 3.63) is 29.8 Å². The molecule has 0 spiro atoms. The first kappa shape index (κ1) is 17.0. The molecule has 116 valence electrons. The van der Waals surface area contributed by atoms with Crippen LogP contribution in [0.2, 0.25) is 0 Å². The van der Waals surface area contributed by atoms with Crippen molar-refractivity contribution in [2.75, 3.05) is 26.2 Å². The van der Waals surface area contributed by atoms with E-state index in [0.29, 0.717) is 37.5 Å². The monoisotopic (exact) mass is 292 g/mol. The smallest absolute Gasteiger partial charge is 0.410 e. The molecule has 0 bridgehead atoms. The molecule has 1 rings (SSSR count). The van der Waals surface area contributed by atoms with Crippen molar-refractivity contribution >= 4 is 12.0 Å². The minimum atomic E-state index is -0.372. The van der Waals surface area contributed by atoms with E-state index in [9.17, 15) is 9.59 Å². The molecule has 2 amide bonds. The molecule has 1 aromatic rings. The molecule has 0 N–H and O–H groups in total. The second kappa shape index (κ2) is 8.29. The summed E-state index contributed by atoms with van der Waals surface area (Å²) < 4.78 is 5.27. The Labute approximate surface area is 126 Å². The van der Waals surface area contributed by atoms with Crippen LogP contribution in [0.5, 0.6) is 5.75 Å². The zero-order chi connectivity index (χ0) is 15.8. The molecule has 5 nitrogen and oxygen atoms in total.